The van der Waals surface area contributed by atoms with Crippen LogP contribution >= 0.6 is 0 Å². The van der Waals surface area contributed by atoms with Gasteiger partial charge in [-0.25, -0.2) is 0 Å². The largest absolute Gasteiger partial charge is 0.342 e. The molecule has 0 aliphatic carbocycles. The second-order valence-corrected chi connectivity index (χ2v) is 3.72. The Morgan fingerprint density at radius 2 is 2.21 bits per heavy atom. The average Bonchev–Trinajstić information content (AvgIpc) is 2.18. The molecule has 0 amide bonds. The first-order valence-electron chi connectivity index (χ1n) is 5.58. The molecular weight excluding hydrogens is 176 g/mol. The molecule has 0 aromatic rings. The standard InChI is InChI=1S/C12H20O2/c1-3-4-5-6-7-8-12-13-10-9-11(2)14-12/h11-12H,3-6,9-10H2,1-2H3/t11-,12+/m1/s1. The zero-order valence-electron chi connectivity index (χ0n) is 9.21. The van der Waals surface area contributed by atoms with Gasteiger partial charge >= 0.3 is 0 Å². The minimum absolute atomic E-state index is 0.277. The predicted molar refractivity (Wildman–Crippen MR) is 56.8 cm³/mol. The van der Waals surface area contributed by atoms with Gasteiger partial charge in [0.25, 0.3) is 0 Å². The lowest BCUT2D eigenvalue weighted by Crippen LogP contribution is -2.29. The van der Waals surface area contributed by atoms with Gasteiger partial charge in [-0.2, -0.15) is 0 Å². The van der Waals surface area contributed by atoms with Crippen molar-refractivity contribution in [3.8, 4) is 11.8 Å². The smallest absolute Gasteiger partial charge is 0.222 e. The molecule has 1 aliphatic rings. The number of ether oxygens (including phenoxy) is 2. The maximum atomic E-state index is 5.50. The molecule has 1 rings (SSSR count). The van der Waals surface area contributed by atoms with Gasteiger partial charge in [0, 0.05) is 6.42 Å². The molecule has 1 heterocycles. The van der Waals surface area contributed by atoms with E-state index in [1.54, 1.807) is 0 Å². The summed E-state index contributed by atoms with van der Waals surface area (Å²) >= 11 is 0. The van der Waals surface area contributed by atoms with Gasteiger partial charge in [0.05, 0.1) is 12.7 Å². The summed E-state index contributed by atoms with van der Waals surface area (Å²) in [6, 6.07) is 0. The van der Waals surface area contributed by atoms with E-state index in [1.165, 1.54) is 19.3 Å². The van der Waals surface area contributed by atoms with Gasteiger partial charge in [-0.15, -0.1) is 0 Å². The minimum atomic E-state index is -0.277. The van der Waals surface area contributed by atoms with Crippen LogP contribution in [0.25, 0.3) is 0 Å². The number of rotatable bonds is 3. The molecule has 0 aromatic carbocycles. The van der Waals surface area contributed by atoms with Gasteiger partial charge in [-0.1, -0.05) is 25.7 Å². The minimum Gasteiger partial charge on any atom is -0.342 e. The molecular formula is C12H20O2. The van der Waals surface area contributed by atoms with E-state index in [0.717, 1.165) is 19.4 Å². The van der Waals surface area contributed by atoms with E-state index in [-0.39, 0.29) is 6.29 Å². The van der Waals surface area contributed by atoms with Gasteiger partial charge in [0.1, 0.15) is 0 Å². The van der Waals surface area contributed by atoms with Crippen LogP contribution in [-0.4, -0.2) is 19.0 Å². The van der Waals surface area contributed by atoms with Crippen LogP contribution in [0.2, 0.25) is 0 Å². The molecule has 0 aromatic heterocycles. The highest BCUT2D eigenvalue weighted by atomic mass is 16.7. The van der Waals surface area contributed by atoms with E-state index in [2.05, 4.69) is 25.7 Å². The molecule has 1 saturated heterocycles. The van der Waals surface area contributed by atoms with Crippen molar-refractivity contribution in [3.05, 3.63) is 0 Å². The van der Waals surface area contributed by atoms with Crippen LogP contribution in [0.15, 0.2) is 0 Å². The number of unbranched alkanes of at least 4 members (excludes halogenated alkanes) is 3. The third-order valence-electron chi connectivity index (χ3n) is 2.27. The summed E-state index contributed by atoms with van der Waals surface area (Å²) in [5, 5.41) is 0. The van der Waals surface area contributed by atoms with Crippen molar-refractivity contribution in [1.82, 2.24) is 0 Å². The van der Waals surface area contributed by atoms with Gasteiger partial charge in [-0.05, 0) is 25.7 Å². The Labute approximate surface area is 87.0 Å². The summed E-state index contributed by atoms with van der Waals surface area (Å²) in [6.07, 6.45) is 5.65. The molecule has 0 N–H and O–H groups in total. The van der Waals surface area contributed by atoms with Crippen LogP contribution in [0.3, 0.4) is 0 Å². The molecule has 0 spiro atoms. The van der Waals surface area contributed by atoms with Gasteiger partial charge in [0.15, 0.2) is 0 Å². The van der Waals surface area contributed by atoms with Crippen LogP contribution in [0.5, 0.6) is 0 Å². The Morgan fingerprint density at radius 3 is 2.93 bits per heavy atom. The highest BCUT2D eigenvalue weighted by molar-refractivity contribution is 5.02. The van der Waals surface area contributed by atoms with Crippen molar-refractivity contribution in [2.75, 3.05) is 6.61 Å². The molecule has 1 fully saturated rings. The highest BCUT2D eigenvalue weighted by Gasteiger charge is 2.16. The summed E-state index contributed by atoms with van der Waals surface area (Å²) in [5.74, 6) is 6.13. The summed E-state index contributed by atoms with van der Waals surface area (Å²) in [5.41, 5.74) is 0. The van der Waals surface area contributed by atoms with E-state index in [4.69, 9.17) is 9.47 Å². The maximum absolute atomic E-state index is 5.50. The first-order valence-corrected chi connectivity index (χ1v) is 5.58. The van der Waals surface area contributed by atoms with Crippen LogP contribution in [0.4, 0.5) is 0 Å². The monoisotopic (exact) mass is 196 g/mol. The van der Waals surface area contributed by atoms with Crippen LogP contribution < -0.4 is 0 Å². The lowest BCUT2D eigenvalue weighted by Gasteiger charge is -2.24. The average molecular weight is 196 g/mol. The Hall–Kier alpha value is -0.520. The van der Waals surface area contributed by atoms with E-state index in [9.17, 15) is 0 Å². The van der Waals surface area contributed by atoms with Crippen LogP contribution in [-0.2, 0) is 9.47 Å². The van der Waals surface area contributed by atoms with E-state index in [0.29, 0.717) is 6.10 Å². The topological polar surface area (TPSA) is 18.5 Å². The Balaban J connectivity index is 2.14. The summed E-state index contributed by atoms with van der Waals surface area (Å²) in [4.78, 5) is 0. The van der Waals surface area contributed by atoms with Gasteiger partial charge < -0.3 is 9.47 Å². The number of hydrogen-bond acceptors (Lipinski definition) is 2. The second-order valence-electron chi connectivity index (χ2n) is 3.72. The molecule has 2 heteroatoms. The van der Waals surface area contributed by atoms with Crippen LogP contribution in [0.1, 0.15) is 46.0 Å². The fourth-order valence-corrected chi connectivity index (χ4v) is 1.35. The predicted octanol–water partition coefficient (Wildman–Crippen LogP) is 2.72. The summed E-state index contributed by atoms with van der Waals surface area (Å²) < 4.78 is 10.9. The molecule has 14 heavy (non-hydrogen) atoms. The fourth-order valence-electron chi connectivity index (χ4n) is 1.35. The van der Waals surface area contributed by atoms with Gasteiger partial charge in [0.2, 0.25) is 6.29 Å². The van der Waals surface area contributed by atoms with E-state index in [1.807, 2.05) is 0 Å². The molecule has 2 atom stereocenters. The van der Waals surface area contributed by atoms with Crippen molar-refractivity contribution in [1.29, 1.82) is 0 Å². The first kappa shape index (κ1) is 11.6. The molecule has 0 saturated carbocycles. The molecule has 0 bridgehead atoms. The number of hydrogen-bond donors (Lipinski definition) is 0. The zero-order valence-corrected chi connectivity index (χ0v) is 9.21. The zero-order chi connectivity index (χ0) is 10.2. The Kier molecular flexibility index (Phi) is 5.66. The van der Waals surface area contributed by atoms with Crippen molar-refractivity contribution < 1.29 is 9.47 Å². The van der Waals surface area contributed by atoms with Gasteiger partial charge in [-0.3, -0.25) is 0 Å². The lowest BCUT2D eigenvalue weighted by atomic mass is 10.2. The maximum Gasteiger partial charge on any atom is 0.222 e. The Bertz CT molecular complexity index is 202. The van der Waals surface area contributed by atoms with E-state index >= 15 is 0 Å². The molecule has 0 radical (unpaired) electrons. The molecule has 1 aliphatic heterocycles. The lowest BCUT2D eigenvalue weighted by molar-refractivity contribution is -0.176. The summed E-state index contributed by atoms with van der Waals surface area (Å²) in [7, 11) is 0. The quantitative estimate of drug-likeness (QED) is 0.510. The second kappa shape index (κ2) is 6.86. The highest BCUT2D eigenvalue weighted by Crippen LogP contribution is 2.10. The van der Waals surface area contributed by atoms with Crippen molar-refractivity contribution in [3.63, 3.8) is 0 Å². The van der Waals surface area contributed by atoms with Crippen molar-refractivity contribution in [2.24, 2.45) is 0 Å². The van der Waals surface area contributed by atoms with Crippen molar-refractivity contribution >= 4 is 0 Å². The third-order valence-corrected chi connectivity index (χ3v) is 2.27. The molecule has 80 valence electrons. The van der Waals surface area contributed by atoms with Crippen molar-refractivity contribution in [2.45, 2.75) is 58.3 Å². The summed E-state index contributed by atoms with van der Waals surface area (Å²) in [6.45, 7) is 5.03. The molecule has 2 nitrogen and oxygen atoms in total. The first-order chi connectivity index (χ1) is 6.83. The third kappa shape index (κ3) is 4.64. The van der Waals surface area contributed by atoms with E-state index < -0.39 is 0 Å². The molecule has 0 unspecified atom stereocenters. The van der Waals surface area contributed by atoms with Crippen LogP contribution in [0, 0.1) is 11.8 Å². The normalized spacial score (nSPS) is 26.7. The fraction of sp³-hybridized carbons (Fsp3) is 0.833. The SMILES string of the molecule is CCCCCC#C[C@H]1OCC[C@@H](C)O1. The Morgan fingerprint density at radius 1 is 1.36 bits per heavy atom.